The van der Waals surface area contributed by atoms with Gasteiger partial charge in [-0.2, -0.15) is 0 Å². The summed E-state index contributed by atoms with van der Waals surface area (Å²) in [7, 11) is 0. The van der Waals surface area contributed by atoms with Crippen LogP contribution >= 0.6 is 0 Å². The molecule has 102 valence electrons. The average molecular weight is 251 g/mol. The lowest BCUT2D eigenvalue weighted by Crippen LogP contribution is -2.26. The molecule has 0 amide bonds. The Morgan fingerprint density at radius 3 is 2.78 bits per heavy atom. The predicted molar refractivity (Wildman–Crippen MR) is 71.0 cm³/mol. The highest BCUT2D eigenvalue weighted by Crippen LogP contribution is 2.33. The van der Waals surface area contributed by atoms with Crippen LogP contribution in [0.5, 0.6) is 0 Å². The fraction of sp³-hybridized carbons (Fsp3) is 0.923. The van der Waals surface area contributed by atoms with Crippen molar-refractivity contribution in [3.8, 4) is 0 Å². The molecule has 2 rings (SSSR count). The van der Waals surface area contributed by atoms with Crippen LogP contribution in [0.25, 0.3) is 0 Å². The number of aromatic nitrogens is 4. The van der Waals surface area contributed by atoms with Crippen LogP contribution in [0.2, 0.25) is 0 Å². The highest BCUT2D eigenvalue weighted by molar-refractivity contribution is 4.89. The quantitative estimate of drug-likeness (QED) is 0.769. The summed E-state index contributed by atoms with van der Waals surface area (Å²) in [6.07, 6.45) is 5.37. The number of rotatable bonds is 8. The second-order valence-corrected chi connectivity index (χ2v) is 5.87. The Hall–Kier alpha value is -0.970. The van der Waals surface area contributed by atoms with Crippen LogP contribution in [-0.4, -0.2) is 26.8 Å². The topological polar surface area (TPSA) is 55.6 Å². The van der Waals surface area contributed by atoms with E-state index in [0.717, 1.165) is 24.8 Å². The highest BCUT2D eigenvalue weighted by atomic mass is 15.5. The smallest absolute Gasteiger partial charge is 0.167 e. The summed E-state index contributed by atoms with van der Waals surface area (Å²) in [4.78, 5) is 0. The molecule has 5 heteroatoms. The fourth-order valence-electron chi connectivity index (χ4n) is 2.12. The molecule has 1 unspecified atom stereocenters. The molecule has 1 saturated carbocycles. The van der Waals surface area contributed by atoms with Crippen molar-refractivity contribution in [1.82, 2.24) is 25.5 Å². The first-order chi connectivity index (χ1) is 8.66. The minimum Gasteiger partial charge on any atom is -0.307 e. The van der Waals surface area contributed by atoms with Crippen LogP contribution in [0.4, 0.5) is 0 Å². The number of hydrogen-bond acceptors (Lipinski definition) is 4. The maximum absolute atomic E-state index is 4.15. The first kappa shape index (κ1) is 13.5. The standard InChI is InChI=1S/C13H25N5/c1-10(2)9-14-11(3)13-15-16-17-18(13)8-4-5-12-6-7-12/h10-12,14H,4-9H2,1-3H3. The Kier molecular flexibility index (Phi) is 4.69. The van der Waals surface area contributed by atoms with Gasteiger partial charge in [-0.1, -0.05) is 26.7 Å². The van der Waals surface area contributed by atoms with Crippen molar-refractivity contribution in [2.75, 3.05) is 6.54 Å². The molecule has 5 nitrogen and oxygen atoms in total. The highest BCUT2D eigenvalue weighted by Gasteiger charge is 2.21. The minimum absolute atomic E-state index is 0.225. The van der Waals surface area contributed by atoms with Crippen molar-refractivity contribution >= 4 is 0 Å². The zero-order valence-electron chi connectivity index (χ0n) is 11.8. The van der Waals surface area contributed by atoms with Crippen LogP contribution < -0.4 is 5.32 Å². The summed E-state index contributed by atoms with van der Waals surface area (Å²) in [6.45, 7) is 8.49. The van der Waals surface area contributed by atoms with E-state index in [2.05, 4.69) is 41.6 Å². The molecular weight excluding hydrogens is 226 g/mol. The first-order valence-electron chi connectivity index (χ1n) is 7.16. The van der Waals surface area contributed by atoms with Crippen LogP contribution in [0.3, 0.4) is 0 Å². The van der Waals surface area contributed by atoms with Crippen LogP contribution in [0, 0.1) is 11.8 Å². The molecule has 0 spiro atoms. The molecule has 1 fully saturated rings. The molecular formula is C13H25N5. The molecule has 1 aromatic rings. The molecule has 0 radical (unpaired) electrons. The zero-order valence-corrected chi connectivity index (χ0v) is 11.8. The third kappa shape index (κ3) is 4.05. The van der Waals surface area contributed by atoms with E-state index in [1.807, 2.05) is 4.68 Å². The molecule has 1 heterocycles. The maximum Gasteiger partial charge on any atom is 0.167 e. The zero-order chi connectivity index (χ0) is 13.0. The Bertz CT molecular complexity index is 356. The molecule has 1 atom stereocenters. The van der Waals surface area contributed by atoms with E-state index >= 15 is 0 Å². The molecule has 1 aliphatic carbocycles. The minimum atomic E-state index is 0.225. The molecule has 1 N–H and O–H groups in total. The van der Waals surface area contributed by atoms with Crippen molar-refractivity contribution in [2.45, 2.75) is 59.0 Å². The van der Waals surface area contributed by atoms with Gasteiger partial charge in [-0.15, -0.1) is 5.10 Å². The second-order valence-electron chi connectivity index (χ2n) is 5.87. The van der Waals surface area contributed by atoms with Crippen molar-refractivity contribution < 1.29 is 0 Å². The number of nitrogens with one attached hydrogen (secondary N) is 1. The molecule has 0 aliphatic heterocycles. The van der Waals surface area contributed by atoms with Crippen LogP contribution in [0.1, 0.15) is 58.3 Å². The predicted octanol–water partition coefficient (Wildman–Crippen LogP) is 2.17. The van der Waals surface area contributed by atoms with E-state index in [9.17, 15) is 0 Å². The SMILES string of the molecule is CC(C)CNC(C)c1nnnn1CCCC1CC1. The van der Waals surface area contributed by atoms with Crippen LogP contribution in [0.15, 0.2) is 0 Å². The molecule has 0 saturated heterocycles. The van der Waals surface area contributed by atoms with Crippen molar-refractivity contribution in [3.05, 3.63) is 5.82 Å². The Labute approximate surface area is 109 Å². The summed E-state index contributed by atoms with van der Waals surface area (Å²) in [5.41, 5.74) is 0. The molecule has 0 aromatic carbocycles. The maximum atomic E-state index is 4.15. The van der Waals surface area contributed by atoms with Gasteiger partial charge in [0.25, 0.3) is 0 Å². The molecule has 1 aromatic heterocycles. The number of aryl methyl sites for hydroxylation is 1. The van der Waals surface area contributed by atoms with Gasteiger partial charge in [0, 0.05) is 6.54 Å². The Morgan fingerprint density at radius 1 is 1.33 bits per heavy atom. The van der Waals surface area contributed by atoms with E-state index < -0.39 is 0 Å². The van der Waals surface area contributed by atoms with E-state index in [-0.39, 0.29) is 6.04 Å². The third-order valence-electron chi connectivity index (χ3n) is 3.46. The number of tetrazole rings is 1. The molecule has 0 bridgehead atoms. The van der Waals surface area contributed by atoms with E-state index in [1.165, 1.54) is 25.7 Å². The summed E-state index contributed by atoms with van der Waals surface area (Å²) >= 11 is 0. The lowest BCUT2D eigenvalue weighted by molar-refractivity contribution is 0.441. The van der Waals surface area contributed by atoms with Crippen LogP contribution in [-0.2, 0) is 6.54 Å². The van der Waals surface area contributed by atoms with Crippen molar-refractivity contribution in [1.29, 1.82) is 0 Å². The Balaban J connectivity index is 1.80. The fourth-order valence-corrected chi connectivity index (χ4v) is 2.12. The molecule has 18 heavy (non-hydrogen) atoms. The monoisotopic (exact) mass is 251 g/mol. The first-order valence-corrected chi connectivity index (χ1v) is 7.16. The van der Waals surface area contributed by atoms with Crippen molar-refractivity contribution in [2.24, 2.45) is 11.8 Å². The van der Waals surface area contributed by atoms with Gasteiger partial charge in [0.15, 0.2) is 5.82 Å². The van der Waals surface area contributed by atoms with Gasteiger partial charge in [0.1, 0.15) is 0 Å². The normalized spacial score (nSPS) is 17.3. The average Bonchev–Trinajstić information content (AvgIpc) is 3.03. The largest absolute Gasteiger partial charge is 0.307 e. The number of hydrogen-bond donors (Lipinski definition) is 1. The van der Waals surface area contributed by atoms with Gasteiger partial charge in [-0.3, -0.25) is 0 Å². The van der Waals surface area contributed by atoms with Gasteiger partial charge in [-0.05, 0) is 48.6 Å². The Morgan fingerprint density at radius 2 is 2.11 bits per heavy atom. The van der Waals surface area contributed by atoms with Gasteiger partial charge >= 0.3 is 0 Å². The summed E-state index contributed by atoms with van der Waals surface area (Å²) < 4.78 is 1.96. The van der Waals surface area contributed by atoms with Crippen molar-refractivity contribution in [3.63, 3.8) is 0 Å². The summed E-state index contributed by atoms with van der Waals surface area (Å²) in [6, 6.07) is 0.225. The van der Waals surface area contributed by atoms with E-state index in [0.29, 0.717) is 5.92 Å². The van der Waals surface area contributed by atoms with Gasteiger partial charge in [-0.25, -0.2) is 4.68 Å². The lowest BCUT2D eigenvalue weighted by Gasteiger charge is -2.15. The van der Waals surface area contributed by atoms with Gasteiger partial charge in [0.05, 0.1) is 6.04 Å². The summed E-state index contributed by atoms with van der Waals surface area (Å²) in [5.74, 6) is 2.60. The summed E-state index contributed by atoms with van der Waals surface area (Å²) in [5, 5.41) is 15.5. The number of nitrogens with zero attached hydrogens (tertiary/aromatic N) is 4. The third-order valence-corrected chi connectivity index (χ3v) is 3.46. The lowest BCUT2D eigenvalue weighted by atomic mass is 10.2. The molecule has 1 aliphatic rings. The van der Waals surface area contributed by atoms with E-state index in [4.69, 9.17) is 0 Å². The second kappa shape index (κ2) is 6.27. The van der Waals surface area contributed by atoms with Gasteiger partial charge in [0.2, 0.25) is 0 Å². The van der Waals surface area contributed by atoms with Gasteiger partial charge < -0.3 is 5.32 Å². The van der Waals surface area contributed by atoms with E-state index in [1.54, 1.807) is 0 Å².